The third-order valence-corrected chi connectivity index (χ3v) is 5.89. The van der Waals surface area contributed by atoms with E-state index in [1.54, 1.807) is 31.4 Å². The molecule has 2 aliphatic heterocycles. The molecule has 0 unspecified atom stereocenters. The van der Waals surface area contributed by atoms with Crippen molar-refractivity contribution in [1.29, 1.82) is 0 Å². The van der Waals surface area contributed by atoms with Gasteiger partial charge >= 0.3 is 0 Å². The second-order valence-corrected chi connectivity index (χ2v) is 8.26. The summed E-state index contributed by atoms with van der Waals surface area (Å²) in [6.45, 7) is 2.94. The Morgan fingerprint density at radius 3 is 2.45 bits per heavy atom. The maximum absolute atomic E-state index is 13.2. The van der Waals surface area contributed by atoms with Crippen LogP contribution in [0, 0.1) is 0 Å². The molecule has 9 heteroatoms. The molecule has 2 aromatic rings. The largest absolute Gasteiger partial charge is 0.496 e. The summed E-state index contributed by atoms with van der Waals surface area (Å²) in [5, 5.41) is 2.64. The van der Waals surface area contributed by atoms with Crippen LogP contribution < -0.4 is 19.9 Å². The molecule has 1 N–H and O–H groups in total. The number of halogens is 1. The highest BCUT2D eigenvalue weighted by molar-refractivity contribution is 9.10. The summed E-state index contributed by atoms with van der Waals surface area (Å²) in [6, 6.07) is 12.8. The van der Waals surface area contributed by atoms with E-state index in [9.17, 15) is 9.59 Å². The number of hydrogen-bond donors (Lipinski definition) is 1. The van der Waals surface area contributed by atoms with Crippen LogP contribution in [0.15, 0.2) is 52.5 Å². The molecule has 0 atom stereocenters. The topological polar surface area (TPSA) is 71.1 Å². The lowest BCUT2D eigenvalue weighted by molar-refractivity contribution is -0.122. The quantitative estimate of drug-likeness (QED) is 0.394. The molecule has 2 saturated heterocycles. The van der Waals surface area contributed by atoms with Gasteiger partial charge in [-0.2, -0.15) is 0 Å². The number of benzene rings is 2. The average Bonchev–Trinajstić information content (AvgIpc) is 2.78. The van der Waals surface area contributed by atoms with Gasteiger partial charge in [0.05, 0.1) is 26.0 Å². The average molecular weight is 502 g/mol. The molecule has 0 radical (unpaired) electrons. The summed E-state index contributed by atoms with van der Waals surface area (Å²) in [5.41, 5.74) is 2.17. The number of carbonyl (C=O) groups excluding carboxylic acids is 2. The SMILES string of the molecule is COc1cc(N2CCOCC2)ccc1/C=C1\C(=O)NC(=S)N(c2ccc(Br)cc2)C1=O. The Bertz CT molecular complexity index is 1060. The van der Waals surface area contributed by atoms with Crippen LogP contribution in [0.25, 0.3) is 6.08 Å². The Morgan fingerprint density at radius 1 is 1.10 bits per heavy atom. The van der Waals surface area contributed by atoms with Crippen LogP contribution in [0.5, 0.6) is 5.75 Å². The van der Waals surface area contributed by atoms with Gasteiger partial charge < -0.3 is 14.4 Å². The number of thiocarbonyl (C=S) groups is 1. The maximum Gasteiger partial charge on any atom is 0.270 e. The molecule has 0 aliphatic carbocycles. The van der Waals surface area contributed by atoms with Crippen LogP contribution in [-0.2, 0) is 14.3 Å². The zero-order valence-electron chi connectivity index (χ0n) is 16.8. The Kier molecular flexibility index (Phi) is 6.35. The minimum Gasteiger partial charge on any atom is -0.496 e. The van der Waals surface area contributed by atoms with E-state index in [1.807, 2.05) is 18.2 Å². The lowest BCUT2D eigenvalue weighted by Crippen LogP contribution is -2.54. The summed E-state index contributed by atoms with van der Waals surface area (Å²) >= 11 is 8.62. The summed E-state index contributed by atoms with van der Waals surface area (Å²) in [6.07, 6.45) is 1.53. The van der Waals surface area contributed by atoms with E-state index in [0.29, 0.717) is 30.2 Å². The van der Waals surface area contributed by atoms with Crippen molar-refractivity contribution in [3.8, 4) is 5.75 Å². The van der Waals surface area contributed by atoms with Crippen molar-refractivity contribution in [3.05, 3.63) is 58.1 Å². The molecular weight excluding hydrogens is 482 g/mol. The highest BCUT2D eigenvalue weighted by Crippen LogP contribution is 2.30. The zero-order valence-corrected chi connectivity index (χ0v) is 19.2. The Labute approximate surface area is 193 Å². The first-order valence-electron chi connectivity index (χ1n) is 9.65. The van der Waals surface area contributed by atoms with Crippen LogP contribution in [0.2, 0.25) is 0 Å². The summed E-state index contributed by atoms with van der Waals surface area (Å²) < 4.78 is 11.8. The second-order valence-electron chi connectivity index (χ2n) is 6.96. The van der Waals surface area contributed by atoms with Crippen LogP contribution in [0.1, 0.15) is 5.56 Å². The highest BCUT2D eigenvalue weighted by Gasteiger charge is 2.34. The number of rotatable bonds is 4. The molecule has 4 rings (SSSR count). The monoisotopic (exact) mass is 501 g/mol. The van der Waals surface area contributed by atoms with E-state index in [4.69, 9.17) is 21.7 Å². The van der Waals surface area contributed by atoms with Crippen LogP contribution in [0.3, 0.4) is 0 Å². The first-order chi connectivity index (χ1) is 15.0. The van der Waals surface area contributed by atoms with E-state index in [-0.39, 0.29) is 10.7 Å². The maximum atomic E-state index is 13.2. The predicted octanol–water partition coefficient (Wildman–Crippen LogP) is 3.13. The number of anilines is 2. The fraction of sp³-hybridized carbons (Fsp3) is 0.227. The second kappa shape index (κ2) is 9.17. The van der Waals surface area contributed by atoms with Gasteiger partial charge in [-0.1, -0.05) is 15.9 Å². The number of nitrogens with one attached hydrogen (secondary N) is 1. The van der Waals surface area contributed by atoms with Crippen molar-refractivity contribution in [2.24, 2.45) is 0 Å². The van der Waals surface area contributed by atoms with Gasteiger partial charge in [-0.15, -0.1) is 0 Å². The van der Waals surface area contributed by atoms with Crippen molar-refractivity contribution < 1.29 is 19.1 Å². The van der Waals surface area contributed by atoms with Crippen molar-refractivity contribution in [1.82, 2.24) is 5.32 Å². The van der Waals surface area contributed by atoms with Crippen molar-refractivity contribution >= 4 is 62.5 Å². The number of hydrogen-bond acceptors (Lipinski definition) is 6. The van der Waals surface area contributed by atoms with Crippen molar-refractivity contribution in [3.63, 3.8) is 0 Å². The summed E-state index contributed by atoms with van der Waals surface area (Å²) in [7, 11) is 1.56. The van der Waals surface area contributed by atoms with Gasteiger partial charge in [-0.25, -0.2) is 0 Å². The third-order valence-electron chi connectivity index (χ3n) is 5.08. The fourth-order valence-corrected chi connectivity index (χ4v) is 4.02. The predicted molar refractivity (Wildman–Crippen MR) is 126 cm³/mol. The van der Waals surface area contributed by atoms with Gasteiger partial charge in [-0.3, -0.25) is 19.8 Å². The highest BCUT2D eigenvalue weighted by atomic mass is 79.9. The standard InChI is InChI=1S/C22H20BrN3O4S/c1-29-19-13-17(25-8-10-30-11-9-25)5-2-14(19)12-18-20(27)24-22(31)26(21(18)28)16-6-3-15(23)4-7-16/h2-7,12-13H,8-11H2,1H3,(H,24,27,31)/b18-12+. The van der Waals surface area contributed by atoms with Crippen LogP contribution in [-0.4, -0.2) is 50.3 Å². The number of methoxy groups -OCH3 is 1. The van der Waals surface area contributed by atoms with E-state index < -0.39 is 11.8 Å². The van der Waals surface area contributed by atoms with Gasteiger partial charge in [0.1, 0.15) is 11.3 Å². The molecule has 7 nitrogen and oxygen atoms in total. The smallest absolute Gasteiger partial charge is 0.270 e. The lowest BCUT2D eigenvalue weighted by Gasteiger charge is -2.30. The van der Waals surface area contributed by atoms with Crippen molar-refractivity contribution in [2.75, 3.05) is 43.2 Å². The van der Waals surface area contributed by atoms with Gasteiger partial charge in [0, 0.05) is 34.9 Å². The van der Waals surface area contributed by atoms with Crippen LogP contribution >= 0.6 is 28.1 Å². The van der Waals surface area contributed by atoms with E-state index in [2.05, 4.69) is 26.1 Å². The zero-order chi connectivity index (χ0) is 22.0. The van der Waals surface area contributed by atoms with E-state index in [0.717, 1.165) is 23.2 Å². The number of carbonyl (C=O) groups is 2. The number of ether oxygens (including phenoxy) is 2. The normalized spacial score (nSPS) is 18.4. The molecule has 2 fully saturated rings. The first kappa shape index (κ1) is 21.5. The molecule has 2 aliphatic rings. The van der Waals surface area contributed by atoms with Crippen molar-refractivity contribution in [2.45, 2.75) is 0 Å². The first-order valence-corrected chi connectivity index (χ1v) is 10.9. The molecule has 0 saturated carbocycles. The molecule has 2 heterocycles. The molecule has 2 amide bonds. The minimum absolute atomic E-state index is 0.0195. The molecular formula is C22H20BrN3O4S. The third kappa shape index (κ3) is 4.48. The van der Waals surface area contributed by atoms with Crippen LogP contribution in [0.4, 0.5) is 11.4 Å². The minimum atomic E-state index is -0.539. The number of amides is 2. The molecule has 0 aromatic heterocycles. The molecule has 160 valence electrons. The van der Waals surface area contributed by atoms with Gasteiger partial charge in [0.2, 0.25) is 0 Å². The molecule has 31 heavy (non-hydrogen) atoms. The Hall–Kier alpha value is -2.75. The molecule has 2 aromatic carbocycles. The Balaban J connectivity index is 1.67. The van der Waals surface area contributed by atoms with Gasteiger partial charge in [0.15, 0.2) is 5.11 Å². The number of morpholine rings is 1. The number of nitrogens with zero attached hydrogens (tertiary/aromatic N) is 2. The van der Waals surface area contributed by atoms with Gasteiger partial charge in [-0.05, 0) is 54.7 Å². The lowest BCUT2D eigenvalue weighted by atomic mass is 10.1. The molecule has 0 bridgehead atoms. The summed E-state index contributed by atoms with van der Waals surface area (Å²) in [5.74, 6) is -0.460. The molecule has 0 spiro atoms. The Morgan fingerprint density at radius 2 is 1.77 bits per heavy atom. The van der Waals surface area contributed by atoms with E-state index >= 15 is 0 Å². The summed E-state index contributed by atoms with van der Waals surface area (Å²) in [4.78, 5) is 29.3. The van der Waals surface area contributed by atoms with Gasteiger partial charge in [0.25, 0.3) is 11.8 Å². The van der Waals surface area contributed by atoms with E-state index in [1.165, 1.54) is 11.0 Å². The fourth-order valence-electron chi connectivity index (χ4n) is 3.47.